The van der Waals surface area contributed by atoms with Crippen molar-refractivity contribution >= 4 is 5.71 Å². The minimum atomic E-state index is -0.263. The van der Waals surface area contributed by atoms with Crippen LogP contribution in [0.2, 0.25) is 0 Å². The topological polar surface area (TPSA) is 49.9 Å². The first-order valence-corrected chi connectivity index (χ1v) is 5.56. The van der Waals surface area contributed by atoms with Crippen LogP contribution in [0.15, 0.2) is 23.3 Å². The second-order valence-electron chi connectivity index (χ2n) is 5.77. The van der Waals surface area contributed by atoms with Gasteiger partial charge in [0.2, 0.25) is 0 Å². The molecule has 2 heteroatoms. The molecule has 0 aromatic carbocycles. The highest BCUT2D eigenvalue weighted by atomic mass is 14.8. The molecule has 0 spiro atoms. The summed E-state index contributed by atoms with van der Waals surface area (Å²) in [6, 6.07) is 0. The third-order valence-corrected chi connectivity index (χ3v) is 3.93. The minimum Gasteiger partial charge on any atom is -0.324 e. The molecule has 0 aliphatic heterocycles. The SMILES string of the molecule is CC1C2=C(C(=N)CC1(C)N)C(C)(C)C=C2. The Morgan fingerprint density at radius 1 is 1.40 bits per heavy atom. The van der Waals surface area contributed by atoms with Crippen LogP contribution in [0.5, 0.6) is 0 Å². The largest absolute Gasteiger partial charge is 0.324 e. The molecule has 3 N–H and O–H groups in total. The molecule has 0 aromatic heterocycles. The molecule has 0 heterocycles. The van der Waals surface area contributed by atoms with Crippen molar-refractivity contribution in [3.63, 3.8) is 0 Å². The Balaban J connectivity index is 2.55. The number of rotatable bonds is 0. The van der Waals surface area contributed by atoms with Gasteiger partial charge in [-0.15, -0.1) is 0 Å². The molecule has 0 fully saturated rings. The summed E-state index contributed by atoms with van der Waals surface area (Å²) in [6.45, 7) is 8.57. The molecule has 0 radical (unpaired) electrons. The van der Waals surface area contributed by atoms with Gasteiger partial charge in [-0.25, -0.2) is 0 Å². The smallest absolute Gasteiger partial charge is 0.0375 e. The van der Waals surface area contributed by atoms with E-state index in [1.807, 2.05) is 0 Å². The van der Waals surface area contributed by atoms with Crippen molar-refractivity contribution in [2.75, 3.05) is 0 Å². The molecule has 0 aromatic rings. The van der Waals surface area contributed by atoms with E-state index < -0.39 is 0 Å². The van der Waals surface area contributed by atoms with Crippen molar-refractivity contribution < 1.29 is 0 Å². The maximum atomic E-state index is 8.14. The van der Waals surface area contributed by atoms with Crippen LogP contribution in [0, 0.1) is 16.7 Å². The molecule has 0 amide bonds. The van der Waals surface area contributed by atoms with Crippen LogP contribution in [0.1, 0.15) is 34.1 Å². The van der Waals surface area contributed by atoms with Crippen LogP contribution in [0.25, 0.3) is 0 Å². The van der Waals surface area contributed by atoms with Crippen molar-refractivity contribution in [3.05, 3.63) is 23.3 Å². The summed E-state index contributed by atoms with van der Waals surface area (Å²) in [5.74, 6) is 0.347. The Kier molecular flexibility index (Phi) is 2.00. The zero-order valence-corrected chi connectivity index (χ0v) is 10.0. The highest BCUT2D eigenvalue weighted by molar-refractivity contribution is 6.03. The Morgan fingerprint density at radius 2 is 2.00 bits per heavy atom. The van der Waals surface area contributed by atoms with E-state index in [1.165, 1.54) is 11.1 Å². The molecule has 82 valence electrons. The third-order valence-electron chi connectivity index (χ3n) is 3.93. The number of nitrogens with two attached hydrogens (primary N) is 1. The average molecular weight is 204 g/mol. The lowest BCUT2D eigenvalue weighted by atomic mass is 9.68. The van der Waals surface area contributed by atoms with Gasteiger partial charge in [0.05, 0.1) is 0 Å². The first kappa shape index (κ1) is 10.6. The fraction of sp³-hybridized carbons (Fsp3) is 0.615. The summed E-state index contributed by atoms with van der Waals surface area (Å²) in [4.78, 5) is 0. The van der Waals surface area contributed by atoms with E-state index in [2.05, 4.69) is 39.8 Å². The van der Waals surface area contributed by atoms with E-state index in [-0.39, 0.29) is 11.0 Å². The highest BCUT2D eigenvalue weighted by Gasteiger charge is 2.43. The Hall–Kier alpha value is -0.890. The molecule has 2 rings (SSSR count). The quantitative estimate of drug-likeness (QED) is 0.626. The summed E-state index contributed by atoms with van der Waals surface area (Å²) in [5, 5.41) is 8.14. The van der Waals surface area contributed by atoms with Crippen LogP contribution in [0.3, 0.4) is 0 Å². The van der Waals surface area contributed by atoms with Crippen molar-refractivity contribution in [3.8, 4) is 0 Å². The molecule has 0 bridgehead atoms. The minimum absolute atomic E-state index is 0.0250. The van der Waals surface area contributed by atoms with Crippen molar-refractivity contribution in [2.24, 2.45) is 17.1 Å². The Bertz CT molecular complexity index is 383. The van der Waals surface area contributed by atoms with Gasteiger partial charge < -0.3 is 11.1 Å². The van der Waals surface area contributed by atoms with Gasteiger partial charge in [0.1, 0.15) is 0 Å². The molecule has 2 aliphatic carbocycles. The maximum Gasteiger partial charge on any atom is 0.0375 e. The third kappa shape index (κ3) is 1.39. The van der Waals surface area contributed by atoms with Gasteiger partial charge in [0.15, 0.2) is 0 Å². The average Bonchev–Trinajstić information content (AvgIpc) is 2.37. The summed E-state index contributed by atoms with van der Waals surface area (Å²) in [6.07, 6.45) is 5.06. The molecule has 0 saturated carbocycles. The van der Waals surface area contributed by atoms with E-state index in [0.29, 0.717) is 12.3 Å². The zero-order valence-electron chi connectivity index (χ0n) is 10.0. The molecule has 2 nitrogen and oxygen atoms in total. The summed E-state index contributed by atoms with van der Waals surface area (Å²) in [7, 11) is 0. The van der Waals surface area contributed by atoms with Crippen molar-refractivity contribution in [2.45, 2.75) is 39.7 Å². The number of hydrogen-bond acceptors (Lipinski definition) is 2. The first-order valence-electron chi connectivity index (χ1n) is 5.56. The molecule has 2 aliphatic rings. The second-order valence-corrected chi connectivity index (χ2v) is 5.77. The summed E-state index contributed by atoms with van der Waals surface area (Å²) in [5.41, 5.74) is 9.22. The van der Waals surface area contributed by atoms with E-state index in [4.69, 9.17) is 11.1 Å². The van der Waals surface area contributed by atoms with E-state index in [9.17, 15) is 0 Å². The monoisotopic (exact) mass is 204 g/mol. The summed E-state index contributed by atoms with van der Waals surface area (Å²) >= 11 is 0. The van der Waals surface area contributed by atoms with Crippen molar-refractivity contribution in [1.29, 1.82) is 5.41 Å². The fourth-order valence-corrected chi connectivity index (χ4v) is 2.74. The van der Waals surface area contributed by atoms with Gasteiger partial charge in [0, 0.05) is 23.1 Å². The second kappa shape index (κ2) is 2.82. The van der Waals surface area contributed by atoms with E-state index in [1.54, 1.807) is 0 Å². The van der Waals surface area contributed by atoms with Crippen LogP contribution in [0.4, 0.5) is 0 Å². The van der Waals surface area contributed by atoms with Crippen LogP contribution < -0.4 is 5.73 Å². The van der Waals surface area contributed by atoms with Crippen LogP contribution in [-0.4, -0.2) is 11.3 Å². The predicted octanol–water partition coefficient (Wildman–Crippen LogP) is 2.66. The molecule has 0 saturated heterocycles. The lowest BCUT2D eigenvalue weighted by molar-refractivity contribution is 0.360. The number of allylic oxidation sites excluding steroid dienone is 3. The van der Waals surface area contributed by atoms with Crippen LogP contribution >= 0.6 is 0 Å². The molecule has 2 atom stereocenters. The lowest BCUT2D eigenvalue weighted by Crippen LogP contribution is -2.49. The molecular formula is C13H20N2. The summed E-state index contributed by atoms with van der Waals surface area (Å²) < 4.78 is 0. The van der Waals surface area contributed by atoms with Gasteiger partial charge in [-0.2, -0.15) is 0 Å². The number of hydrogen-bond donors (Lipinski definition) is 2. The highest BCUT2D eigenvalue weighted by Crippen LogP contribution is 2.46. The lowest BCUT2D eigenvalue weighted by Gasteiger charge is -2.40. The predicted molar refractivity (Wildman–Crippen MR) is 64.0 cm³/mol. The van der Waals surface area contributed by atoms with E-state index >= 15 is 0 Å². The van der Waals surface area contributed by atoms with Gasteiger partial charge in [-0.05, 0) is 24.0 Å². The van der Waals surface area contributed by atoms with Gasteiger partial charge >= 0.3 is 0 Å². The molecular weight excluding hydrogens is 184 g/mol. The van der Waals surface area contributed by atoms with Gasteiger partial charge in [-0.1, -0.05) is 32.9 Å². The maximum absolute atomic E-state index is 8.14. The zero-order chi connectivity index (χ0) is 11.4. The fourth-order valence-electron chi connectivity index (χ4n) is 2.74. The first-order chi connectivity index (χ1) is 6.76. The van der Waals surface area contributed by atoms with E-state index in [0.717, 1.165) is 5.71 Å². The molecule has 2 unspecified atom stereocenters. The van der Waals surface area contributed by atoms with Crippen molar-refractivity contribution in [1.82, 2.24) is 0 Å². The number of nitrogens with one attached hydrogen (secondary N) is 1. The normalized spacial score (nSPS) is 38.5. The van der Waals surface area contributed by atoms with Gasteiger partial charge in [0.25, 0.3) is 0 Å². The Labute approximate surface area is 91.8 Å². The molecule has 15 heavy (non-hydrogen) atoms. The van der Waals surface area contributed by atoms with Gasteiger partial charge in [-0.3, -0.25) is 0 Å². The van der Waals surface area contributed by atoms with Crippen LogP contribution in [-0.2, 0) is 0 Å². The Morgan fingerprint density at radius 3 is 2.60 bits per heavy atom. The standard InChI is InChI=1S/C13H20N2/c1-8-9-5-6-12(2,3)11(9)10(14)7-13(8,4)15/h5-6,8,14H,7,15H2,1-4H3.